The zero-order valence-corrected chi connectivity index (χ0v) is 21.9. The molecule has 2 nitrogen and oxygen atoms in total. The maximum absolute atomic E-state index is 6.67. The van der Waals surface area contributed by atoms with Gasteiger partial charge in [0, 0.05) is 42.3 Å². The van der Waals surface area contributed by atoms with Crippen LogP contribution < -0.4 is 4.90 Å². The molecule has 2 heterocycles. The number of para-hydroxylation sites is 2. The molecule has 0 saturated heterocycles. The molecule has 0 unspecified atom stereocenters. The molecule has 0 N–H and O–H groups in total. The van der Waals surface area contributed by atoms with Crippen LogP contribution in [-0.2, 0) is 0 Å². The number of nitrogens with zero attached hydrogens (tertiary/aromatic N) is 1. The van der Waals surface area contributed by atoms with E-state index in [1.165, 1.54) is 31.3 Å². The van der Waals surface area contributed by atoms with Crippen molar-refractivity contribution in [2.24, 2.45) is 0 Å². The van der Waals surface area contributed by atoms with Crippen molar-refractivity contribution in [2.45, 2.75) is 0 Å². The Bertz CT molecular complexity index is 2120. The molecular formula is C36H23NOS. The Morgan fingerprint density at radius 3 is 2.05 bits per heavy atom. The van der Waals surface area contributed by atoms with Crippen molar-refractivity contribution in [3.8, 4) is 11.1 Å². The molecule has 184 valence electrons. The van der Waals surface area contributed by atoms with Gasteiger partial charge in [-0.2, -0.15) is 0 Å². The molecule has 0 fully saturated rings. The molecular weight excluding hydrogens is 494 g/mol. The minimum absolute atomic E-state index is 0.887. The van der Waals surface area contributed by atoms with Crippen LogP contribution in [0.15, 0.2) is 144 Å². The SMILES string of the molecule is c1ccc(-c2ccc(N(c3ccccc3)c3ccc4c(c3)sc3ccccc34)c3oc4ccccc4c23)cc1. The minimum atomic E-state index is 0.887. The Kier molecular flexibility index (Phi) is 5.04. The zero-order chi connectivity index (χ0) is 25.8. The van der Waals surface area contributed by atoms with Gasteiger partial charge in [-0.15, -0.1) is 11.3 Å². The van der Waals surface area contributed by atoms with Gasteiger partial charge in [0.2, 0.25) is 0 Å². The highest BCUT2D eigenvalue weighted by molar-refractivity contribution is 7.25. The average Bonchev–Trinajstić information content (AvgIpc) is 3.57. The normalized spacial score (nSPS) is 11.6. The Labute approximate surface area is 230 Å². The molecule has 0 aliphatic carbocycles. The van der Waals surface area contributed by atoms with Gasteiger partial charge in [-0.1, -0.05) is 97.1 Å². The Balaban J connectivity index is 1.42. The predicted molar refractivity (Wildman–Crippen MR) is 167 cm³/mol. The first kappa shape index (κ1) is 22.2. The van der Waals surface area contributed by atoms with E-state index >= 15 is 0 Å². The molecule has 8 rings (SSSR count). The van der Waals surface area contributed by atoms with Crippen LogP contribution in [0, 0.1) is 0 Å². The molecule has 0 bridgehead atoms. The van der Waals surface area contributed by atoms with Crippen molar-refractivity contribution in [3.63, 3.8) is 0 Å². The number of hydrogen-bond acceptors (Lipinski definition) is 3. The Morgan fingerprint density at radius 2 is 1.21 bits per heavy atom. The molecule has 8 aromatic rings. The lowest BCUT2D eigenvalue weighted by Gasteiger charge is -2.26. The van der Waals surface area contributed by atoms with Gasteiger partial charge in [0.25, 0.3) is 0 Å². The second-order valence-electron chi connectivity index (χ2n) is 9.75. The first-order chi connectivity index (χ1) is 19.3. The second kappa shape index (κ2) is 8.87. The fraction of sp³-hybridized carbons (Fsp3) is 0. The summed E-state index contributed by atoms with van der Waals surface area (Å²) < 4.78 is 9.25. The summed E-state index contributed by atoms with van der Waals surface area (Å²) in [6.07, 6.45) is 0. The molecule has 0 radical (unpaired) electrons. The number of anilines is 3. The van der Waals surface area contributed by atoms with Crippen LogP contribution in [0.5, 0.6) is 0 Å². The molecule has 39 heavy (non-hydrogen) atoms. The van der Waals surface area contributed by atoms with E-state index in [0.717, 1.165) is 39.0 Å². The van der Waals surface area contributed by atoms with E-state index in [0.29, 0.717) is 0 Å². The van der Waals surface area contributed by atoms with E-state index in [2.05, 4.69) is 138 Å². The van der Waals surface area contributed by atoms with E-state index < -0.39 is 0 Å². The molecule has 2 aromatic heterocycles. The first-order valence-electron chi connectivity index (χ1n) is 13.1. The van der Waals surface area contributed by atoms with Gasteiger partial charge < -0.3 is 9.32 Å². The maximum Gasteiger partial charge on any atom is 0.160 e. The van der Waals surface area contributed by atoms with Gasteiger partial charge in [0.05, 0.1) is 5.69 Å². The number of fused-ring (bicyclic) bond motifs is 6. The maximum atomic E-state index is 6.67. The third-order valence-electron chi connectivity index (χ3n) is 7.47. The molecule has 3 heteroatoms. The van der Waals surface area contributed by atoms with Crippen molar-refractivity contribution in [1.29, 1.82) is 0 Å². The summed E-state index contributed by atoms with van der Waals surface area (Å²) in [6, 6.07) is 49.4. The number of rotatable bonds is 4. The van der Waals surface area contributed by atoms with Crippen molar-refractivity contribution >= 4 is 70.5 Å². The summed E-state index contributed by atoms with van der Waals surface area (Å²) in [6.45, 7) is 0. The smallest absolute Gasteiger partial charge is 0.160 e. The average molecular weight is 518 g/mol. The largest absolute Gasteiger partial charge is 0.454 e. The highest BCUT2D eigenvalue weighted by atomic mass is 32.1. The van der Waals surface area contributed by atoms with Crippen LogP contribution >= 0.6 is 11.3 Å². The lowest BCUT2D eigenvalue weighted by Crippen LogP contribution is -2.10. The fourth-order valence-electron chi connectivity index (χ4n) is 5.71. The third-order valence-corrected chi connectivity index (χ3v) is 8.60. The van der Waals surface area contributed by atoms with Crippen molar-refractivity contribution in [1.82, 2.24) is 0 Å². The quantitative estimate of drug-likeness (QED) is 0.231. The Morgan fingerprint density at radius 1 is 0.513 bits per heavy atom. The van der Waals surface area contributed by atoms with Crippen LogP contribution in [0.3, 0.4) is 0 Å². The van der Waals surface area contributed by atoms with Crippen LogP contribution in [0.2, 0.25) is 0 Å². The zero-order valence-electron chi connectivity index (χ0n) is 21.0. The fourth-order valence-corrected chi connectivity index (χ4v) is 6.85. The monoisotopic (exact) mass is 517 g/mol. The van der Waals surface area contributed by atoms with Crippen LogP contribution in [-0.4, -0.2) is 0 Å². The lowest BCUT2D eigenvalue weighted by molar-refractivity contribution is 0.669. The molecule has 0 amide bonds. The van der Waals surface area contributed by atoms with Crippen molar-refractivity contribution in [2.75, 3.05) is 4.90 Å². The van der Waals surface area contributed by atoms with Gasteiger partial charge in [0.1, 0.15) is 5.58 Å². The molecule has 0 aliphatic rings. The molecule has 0 spiro atoms. The predicted octanol–water partition coefficient (Wildman–Crippen LogP) is 11.1. The summed E-state index contributed by atoms with van der Waals surface area (Å²) in [7, 11) is 0. The molecule has 0 saturated carbocycles. The van der Waals surface area contributed by atoms with E-state index in [1.807, 2.05) is 17.4 Å². The molecule has 6 aromatic carbocycles. The van der Waals surface area contributed by atoms with Gasteiger partial charge >= 0.3 is 0 Å². The molecule has 0 aliphatic heterocycles. The van der Waals surface area contributed by atoms with Crippen molar-refractivity contribution < 1.29 is 4.42 Å². The van der Waals surface area contributed by atoms with Crippen molar-refractivity contribution in [3.05, 3.63) is 140 Å². The van der Waals surface area contributed by atoms with E-state index in [1.54, 1.807) is 0 Å². The van der Waals surface area contributed by atoms with Gasteiger partial charge in [-0.25, -0.2) is 0 Å². The van der Waals surface area contributed by atoms with Crippen LogP contribution in [0.1, 0.15) is 0 Å². The number of benzene rings is 6. The van der Waals surface area contributed by atoms with E-state index in [-0.39, 0.29) is 0 Å². The van der Waals surface area contributed by atoms with Gasteiger partial charge in [-0.3, -0.25) is 0 Å². The number of furan rings is 1. The highest BCUT2D eigenvalue weighted by Crippen LogP contribution is 2.46. The van der Waals surface area contributed by atoms with E-state index in [9.17, 15) is 0 Å². The third kappa shape index (κ3) is 3.55. The summed E-state index contributed by atoms with van der Waals surface area (Å²) in [5, 5.41) is 4.86. The number of hydrogen-bond donors (Lipinski definition) is 0. The van der Waals surface area contributed by atoms with Crippen LogP contribution in [0.4, 0.5) is 17.1 Å². The first-order valence-corrected chi connectivity index (χ1v) is 13.9. The molecule has 0 atom stereocenters. The summed E-state index contributed by atoms with van der Waals surface area (Å²) >= 11 is 1.84. The minimum Gasteiger partial charge on any atom is -0.454 e. The van der Waals surface area contributed by atoms with Gasteiger partial charge in [-0.05, 0) is 53.6 Å². The second-order valence-corrected chi connectivity index (χ2v) is 10.8. The van der Waals surface area contributed by atoms with Gasteiger partial charge in [0.15, 0.2) is 5.58 Å². The lowest BCUT2D eigenvalue weighted by atomic mass is 9.98. The summed E-state index contributed by atoms with van der Waals surface area (Å²) in [4.78, 5) is 2.32. The summed E-state index contributed by atoms with van der Waals surface area (Å²) in [5.41, 5.74) is 7.35. The summed E-state index contributed by atoms with van der Waals surface area (Å²) in [5.74, 6) is 0. The highest BCUT2D eigenvalue weighted by Gasteiger charge is 2.22. The van der Waals surface area contributed by atoms with Crippen LogP contribution in [0.25, 0.3) is 53.2 Å². The standard InChI is InChI=1S/C36H23NOS/c1-3-11-24(12-4-1)27-21-22-31(36-35(27)30-16-7-9-17-32(30)38-36)37(25-13-5-2-6-14-25)26-19-20-29-28-15-8-10-18-33(28)39-34(29)23-26/h1-23H. The van der Waals surface area contributed by atoms with E-state index in [4.69, 9.17) is 4.42 Å². The number of thiophene rings is 1. The topological polar surface area (TPSA) is 16.4 Å². The Hall–Kier alpha value is -4.86.